The highest BCUT2D eigenvalue weighted by molar-refractivity contribution is 7.80. The van der Waals surface area contributed by atoms with E-state index in [1.807, 2.05) is 61.5 Å². The molecule has 0 heterocycles. The van der Waals surface area contributed by atoms with E-state index in [1.54, 1.807) is 12.1 Å². The molecule has 29 heavy (non-hydrogen) atoms. The van der Waals surface area contributed by atoms with Gasteiger partial charge in [0.2, 0.25) is 3.79 Å². The maximum Gasteiger partial charge on any atom is 0.253 e. The molecule has 0 bridgehead atoms. The second-order valence-corrected chi connectivity index (χ2v) is 9.17. The molecule has 3 N–H and O–H groups in total. The van der Waals surface area contributed by atoms with Crippen LogP contribution in [0.25, 0.3) is 10.8 Å². The molecule has 1 atom stereocenters. The Labute approximate surface area is 189 Å². The van der Waals surface area contributed by atoms with E-state index in [-0.39, 0.29) is 11.0 Å². The molecule has 4 nitrogen and oxygen atoms in total. The van der Waals surface area contributed by atoms with Gasteiger partial charge < -0.3 is 16.0 Å². The molecule has 1 amide bonds. The summed E-state index contributed by atoms with van der Waals surface area (Å²) >= 11 is 23.6. The third kappa shape index (κ3) is 5.52. The van der Waals surface area contributed by atoms with Crippen molar-refractivity contribution < 1.29 is 4.79 Å². The molecule has 0 aliphatic rings. The van der Waals surface area contributed by atoms with Crippen molar-refractivity contribution in [1.29, 1.82) is 0 Å². The number of halogens is 3. The number of fused-ring (bicyclic) bond motifs is 1. The average molecular weight is 467 g/mol. The lowest BCUT2D eigenvalue weighted by molar-refractivity contribution is 0.0936. The van der Waals surface area contributed by atoms with E-state index in [4.69, 9.17) is 47.0 Å². The van der Waals surface area contributed by atoms with Gasteiger partial charge in [-0.2, -0.15) is 0 Å². The van der Waals surface area contributed by atoms with Gasteiger partial charge in [-0.3, -0.25) is 4.79 Å². The van der Waals surface area contributed by atoms with E-state index in [0.717, 1.165) is 22.0 Å². The van der Waals surface area contributed by atoms with E-state index >= 15 is 0 Å². The van der Waals surface area contributed by atoms with E-state index in [1.165, 1.54) is 0 Å². The molecule has 150 valence electrons. The SMILES string of the molecule is Cc1ccccc1NC(=S)NC(NC(=O)c1cccc2ccccc12)C(Cl)(Cl)Cl. The van der Waals surface area contributed by atoms with Crippen LogP contribution in [0.5, 0.6) is 0 Å². The standard InChI is InChI=1S/C21H18Cl3N3OS/c1-13-7-2-5-12-17(13)25-20(29)27-19(21(22,23)24)26-18(28)16-11-6-9-14-8-3-4-10-15(14)16/h2-12,19H,1H3,(H,26,28)(H2,25,27,29). The van der Waals surface area contributed by atoms with Gasteiger partial charge in [-0.15, -0.1) is 0 Å². The van der Waals surface area contributed by atoms with Crippen LogP contribution in [0.3, 0.4) is 0 Å². The Morgan fingerprint density at radius 1 is 0.931 bits per heavy atom. The summed E-state index contributed by atoms with van der Waals surface area (Å²) in [4.78, 5) is 12.9. The molecule has 0 aliphatic heterocycles. The van der Waals surface area contributed by atoms with Crippen molar-refractivity contribution in [2.45, 2.75) is 16.9 Å². The van der Waals surface area contributed by atoms with Crippen LogP contribution in [0.1, 0.15) is 15.9 Å². The first-order chi connectivity index (χ1) is 13.8. The Balaban J connectivity index is 1.78. The number of hydrogen-bond donors (Lipinski definition) is 3. The minimum atomic E-state index is -1.84. The number of amides is 1. The Morgan fingerprint density at radius 3 is 2.31 bits per heavy atom. The fraction of sp³-hybridized carbons (Fsp3) is 0.143. The number of rotatable bonds is 4. The van der Waals surface area contributed by atoms with E-state index in [9.17, 15) is 4.79 Å². The summed E-state index contributed by atoms with van der Waals surface area (Å²) in [6, 6.07) is 20.6. The van der Waals surface area contributed by atoms with Crippen LogP contribution >= 0.6 is 47.0 Å². The van der Waals surface area contributed by atoms with Crippen LogP contribution in [0.2, 0.25) is 0 Å². The maximum atomic E-state index is 12.9. The first-order valence-corrected chi connectivity index (χ1v) is 10.3. The van der Waals surface area contributed by atoms with Crippen molar-refractivity contribution in [3.8, 4) is 0 Å². The number of para-hydroxylation sites is 1. The summed E-state index contributed by atoms with van der Waals surface area (Å²) in [7, 11) is 0. The Bertz CT molecular complexity index is 1050. The summed E-state index contributed by atoms with van der Waals surface area (Å²) in [5.74, 6) is -0.385. The predicted octanol–water partition coefficient (Wildman–Crippen LogP) is 5.56. The molecule has 0 spiro atoms. The van der Waals surface area contributed by atoms with Crippen LogP contribution in [0.15, 0.2) is 66.7 Å². The van der Waals surface area contributed by atoms with Crippen molar-refractivity contribution in [1.82, 2.24) is 10.6 Å². The Morgan fingerprint density at radius 2 is 1.59 bits per heavy atom. The van der Waals surface area contributed by atoms with Gasteiger partial charge in [0.25, 0.3) is 5.91 Å². The molecule has 0 aliphatic carbocycles. The lowest BCUT2D eigenvalue weighted by Crippen LogP contribution is -2.56. The van der Waals surface area contributed by atoms with Gasteiger partial charge in [-0.05, 0) is 47.6 Å². The second-order valence-electron chi connectivity index (χ2n) is 6.39. The molecule has 0 saturated heterocycles. The van der Waals surface area contributed by atoms with Crippen molar-refractivity contribution in [3.63, 3.8) is 0 Å². The molecule has 1 unspecified atom stereocenters. The van der Waals surface area contributed by atoms with Crippen molar-refractivity contribution in [3.05, 3.63) is 77.9 Å². The van der Waals surface area contributed by atoms with Gasteiger partial charge in [0.05, 0.1) is 0 Å². The van der Waals surface area contributed by atoms with E-state index < -0.39 is 9.96 Å². The molecule has 3 rings (SSSR count). The fourth-order valence-electron chi connectivity index (χ4n) is 2.83. The summed E-state index contributed by atoms with van der Waals surface area (Å²) < 4.78 is -1.84. The fourth-order valence-corrected chi connectivity index (χ4v) is 3.39. The first-order valence-electron chi connectivity index (χ1n) is 8.74. The largest absolute Gasteiger partial charge is 0.339 e. The minimum Gasteiger partial charge on any atom is -0.339 e. The van der Waals surface area contributed by atoms with Gasteiger partial charge in [0, 0.05) is 11.3 Å². The van der Waals surface area contributed by atoms with Crippen LogP contribution in [0.4, 0.5) is 5.69 Å². The number of benzene rings is 3. The van der Waals surface area contributed by atoms with E-state index in [0.29, 0.717) is 5.56 Å². The van der Waals surface area contributed by atoms with Crippen LogP contribution in [-0.4, -0.2) is 21.0 Å². The zero-order valence-electron chi connectivity index (χ0n) is 15.4. The van der Waals surface area contributed by atoms with Crippen LogP contribution < -0.4 is 16.0 Å². The van der Waals surface area contributed by atoms with Crippen LogP contribution in [0, 0.1) is 6.92 Å². The summed E-state index contributed by atoms with van der Waals surface area (Å²) in [5.41, 5.74) is 2.29. The average Bonchev–Trinajstić information content (AvgIpc) is 2.68. The lowest BCUT2D eigenvalue weighted by atomic mass is 10.0. The van der Waals surface area contributed by atoms with Gasteiger partial charge in [-0.1, -0.05) is 89.4 Å². The van der Waals surface area contributed by atoms with Crippen molar-refractivity contribution in [2.75, 3.05) is 5.32 Å². The number of nitrogens with one attached hydrogen (secondary N) is 3. The third-order valence-corrected chi connectivity index (χ3v) is 5.18. The number of thiocarbonyl (C=S) groups is 1. The Kier molecular flexibility index (Phi) is 6.85. The number of carbonyl (C=O) groups is 1. The molecule has 0 radical (unpaired) electrons. The molecule has 0 fully saturated rings. The maximum absolute atomic E-state index is 12.9. The summed E-state index contributed by atoms with van der Waals surface area (Å²) in [5, 5.41) is 10.6. The Hall–Kier alpha value is -2.05. The number of aryl methyl sites for hydroxylation is 1. The molecule has 3 aromatic rings. The zero-order valence-corrected chi connectivity index (χ0v) is 18.5. The number of hydrogen-bond acceptors (Lipinski definition) is 2. The zero-order chi connectivity index (χ0) is 21.0. The lowest BCUT2D eigenvalue weighted by Gasteiger charge is -2.28. The van der Waals surface area contributed by atoms with Crippen molar-refractivity contribution >= 4 is 74.5 Å². The molecule has 0 saturated carbocycles. The van der Waals surface area contributed by atoms with Gasteiger partial charge in [0.1, 0.15) is 6.17 Å². The highest BCUT2D eigenvalue weighted by atomic mass is 35.6. The minimum absolute atomic E-state index is 0.217. The number of alkyl halides is 3. The molecule has 8 heteroatoms. The molecular weight excluding hydrogens is 449 g/mol. The van der Waals surface area contributed by atoms with Gasteiger partial charge >= 0.3 is 0 Å². The third-order valence-electron chi connectivity index (χ3n) is 4.31. The topological polar surface area (TPSA) is 53.2 Å². The van der Waals surface area contributed by atoms with Gasteiger partial charge in [-0.25, -0.2) is 0 Å². The van der Waals surface area contributed by atoms with Gasteiger partial charge in [0.15, 0.2) is 5.11 Å². The highest BCUT2D eigenvalue weighted by Gasteiger charge is 2.35. The normalized spacial score (nSPS) is 12.3. The smallest absolute Gasteiger partial charge is 0.253 e. The molecular formula is C21H18Cl3N3OS. The number of carbonyl (C=O) groups excluding carboxylic acids is 1. The van der Waals surface area contributed by atoms with Crippen LogP contribution in [-0.2, 0) is 0 Å². The molecule has 3 aromatic carbocycles. The second kappa shape index (κ2) is 9.18. The first kappa shape index (κ1) is 21.7. The van der Waals surface area contributed by atoms with Crippen molar-refractivity contribution in [2.24, 2.45) is 0 Å². The number of anilines is 1. The molecule has 0 aromatic heterocycles. The highest BCUT2D eigenvalue weighted by Crippen LogP contribution is 2.30. The summed E-state index contributed by atoms with van der Waals surface area (Å²) in [6.07, 6.45) is -1.05. The predicted molar refractivity (Wildman–Crippen MR) is 126 cm³/mol. The summed E-state index contributed by atoms with van der Waals surface area (Å²) in [6.45, 7) is 1.94. The monoisotopic (exact) mass is 465 g/mol. The quantitative estimate of drug-likeness (QED) is 0.268. The van der Waals surface area contributed by atoms with E-state index in [2.05, 4.69) is 16.0 Å².